The first-order valence-corrected chi connectivity index (χ1v) is 11.2. The predicted molar refractivity (Wildman–Crippen MR) is 113 cm³/mol. The van der Waals surface area contributed by atoms with Gasteiger partial charge in [-0.15, -0.1) is 0 Å². The minimum absolute atomic E-state index is 0.266. The van der Waals surface area contributed by atoms with Crippen molar-refractivity contribution in [3.63, 3.8) is 0 Å². The number of guanidine groups is 1. The topological polar surface area (TPSA) is 73.8 Å². The van der Waals surface area contributed by atoms with E-state index in [9.17, 15) is 8.42 Å². The highest BCUT2D eigenvalue weighted by Gasteiger charge is 2.25. The summed E-state index contributed by atoms with van der Waals surface area (Å²) < 4.78 is 27.2. The van der Waals surface area contributed by atoms with E-state index in [1.165, 1.54) is 5.56 Å². The molecule has 1 aliphatic rings. The zero-order valence-corrected chi connectivity index (χ0v) is 17.0. The quantitative estimate of drug-likeness (QED) is 0.425. The summed E-state index contributed by atoms with van der Waals surface area (Å²) >= 11 is 0. The third-order valence-corrected chi connectivity index (χ3v) is 6.29. The molecule has 1 heterocycles. The van der Waals surface area contributed by atoms with Gasteiger partial charge >= 0.3 is 0 Å². The number of nitrogens with zero attached hydrogens (tertiary/aromatic N) is 2. The first kappa shape index (κ1) is 20.4. The minimum atomic E-state index is -3.49. The standard InChI is InChI=1S/C21H28N4O2S/c1-2-22-21(25-16-13-19(17-25)18-9-5-3-6-10-18)23-14-15-24-28(26,27)20-11-7-4-8-12-20/h3-12,19,24H,2,13-17H2,1H3,(H,22,23). The molecule has 6 nitrogen and oxygen atoms in total. The van der Waals surface area contributed by atoms with E-state index in [0.29, 0.717) is 12.5 Å². The number of sulfonamides is 1. The third kappa shape index (κ3) is 5.33. The number of likely N-dealkylation sites (tertiary alicyclic amines) is 1. The summed E-state index contributed by atoms with van der Waals surface area (Å²) in [5.74, 6) is 1.35. The Morgan fingerprint density at radius 3 is 2.46 bits per heavy atom. The molecule has 0 aromatic heterocycles. The lowest BCUT2D eigenvalue weighted by atomic mass is 9.99. The maximum absolute atomic E-state index is 12.3. The fourth-order valence-corrected chi connectivity index (χ4v) is 4.44. The van der Waals surface area contributed by atoms with Crippen LogP contribution in [0.4, 0.5) is 0 Å². The van der Waals surface area contributed by atoms with Crippen LogP contribution in [0.5, 0.6) is 0 Å². The van der Waals surface area contributed by atoms with Gasteiger partial charge in [0, 0.05) is 32.1 Å². The van der Waals surface area contributed by atoms with Crippen LogP contribution in [0.25, 0.3) is 0 Å². The highest BCUT2D eigenvalue weighted by atomic mass is 32.2. The van der Waals surface area contributed by atoms with Crippen molar-refractivity contribution >= 4 is 16.0 Å². The van der Waals surface area contributed by atoms with Gasteiger partial charge in [-0.2, -0.15) is 0 Å². The molecule has 2 aromatic carbocycles. The first-order chi connectivity index (χ1) is 13.6. The van der Waals surface area contributed by atoms with Gasteiger partial charge in [0.15, 0.2) is 5.96 Å². The Kier molecular flexibility index (Phi) is 7.06. The highest BCUT2D eigenvalue weighted by Crippen LogP contribution is 2.26. The normalized spacial score (nSPS) is 17.7. The highest BCUT2D eigenvalue weighted by molar-refractivity contribution is 7.89. The van der Waals surface area contributed by atoms with Gasteiger partial charge in [0.1, 0.15) is 0 Å². The van der Waals surface area contributed by atoms with Crippen molar-refractivity contribution in [2.45, 2.75) is 24.2 Å². The lowest BCUT2D eigenvalue weighted by molar-refractivity contribution is 0.486. The summed E-state index contributed by atoms with van der Waals surface area (Å²) in [5.41, 5.74) is 1.36. The van der Waals surface area contributed by atoms with Gasteiger partial charge in [-0.05, 0) is 31.0 Å². The fraction of sp³-hybridized carbons (Fsp3) is 0.381. The number of aliphatic imine (C=N–C) groups is 1. The van der Waals surface area contributed by atoms with Gasteiger partial charge in [0.05, 0.1) is 11.4 Å². The molecule has 28 heavy (non-hydrogen) atoms. The van der Waals surface area contributed by atoms with Crippen LogP contribution in [0.1, 0.15) is 24.8 Å². The van der Waals surface area contributed by atoms with Gasteiger partial charge in [0.25, 0.3) is 0 Å². The van der Waals surface area contributed by atoms with Crippen molar-refractivity contribution in [3.05, 3.63) is 66.2 Å². The molecule has 0 radical (unpaired) electrons. The second-order valence-corrected chi connectivity index (χ2v) is 8.56. The van der Waals surface area contributed by atoms with E-state index in [1.54, 1.807) is 30.3 Å². The molecule has 150 valence electrons. The fourth-order valence-electron chi connectivity index (χ4n) is 3.40. The Morgan fingerprint density at radius 1 is 1.11 bits per heavy atom. The Bertz CT molecular complexity index is 870. The molecule has 3 rings (SSSR count). The van der Waals surface area contributed by atoms with Crippen LogP contribution >= 0.6 is 0 Å². The summed E-state index contributed by atoms with van der Waals surface area (Å²) in [6.07, 6.45) is 1.09. The average Bonchev–Trinajstić information content (AvgIpc) is 3.22. The van der Waals surface area contributed by atoms with Crippen LogP contribution in [-0.2, 0) is 10.0 Å². The summed E-state index contributed by atoms with van der Waals surface area (Å²) in [7, 11) is -3.49. The van der Waals surface area contributed by atoms with Crippen LogP contribution in [-0.4, -0.2) is 52.0 Å². The Hall–Kier alpha value is -2.38. The van der Waals surface area contributed by atoms with E-state index in [1.807, 2.05) is 13.0 Å². The number of rotatable bonds is 7. The molecule has 0 bridgehead atoms. The van der Waals surface area contributed by atoms with E-state index < -0.39 is 10.0 Å². The molecular weight excluding hydrogens is 372 g/mol. The van der Waals surface area contributed by atoms with E-state index in [4.69, 9.17) is 0 Å². The van der Waals surface area contributed by atoms with Crippen molar-refractivity contribution < 1.29 is 8.42 Å². The van der Waals surface area contributed by atoms with Crippen LogP contribution in [0.15, 0.2) is 70.6 Å². The lowest BCUT2D eigenvalue weighted by Crippen LogP contribution is -2.40. The Balaban J connectivity index is 1.56. The molecule has 1 saturated heterocycles. The molecule has 1 fully saturated rings. The molecule has 1 atom stereocenters. The Morgan fingerprint density at radius 2 is 1.79 bits per heavy atom. The molecule has 0 amide bonds. The molecule has 2 N–H and O–H groups in total. The van der Waals surface area contributed by atoms with E-state index >= 15 is 0 Å². The maximum atomic E-state index is 12.3. The molecule has 0 saturated carbocycles. The minimum Gasteiger partial charge on any atom is -0.357 e. The van der Waals surface area contributed by atoms with Crippen molar-refractivity contribution in [2.75, 3.05) is 32.7 Å². The largest absolute Gasteiger partial charge is 0.357 e. The van der Waals surface area contributed by atoms with Crippen molar-refractivity contribution in [2.24, 2.45) is 4.99 Å². The molecule has 2 aromatic rings. The summed E-state index contributed by atoms with van der Waals surface area (Å²) in [4.78, 5) is 7.16. The van der Waals surface area contributed by atoms with Crippen LogP contribution in [0.2, 0.25) is 0 Å². The third-order valence-electron chi connectivity index (χ3n) is 4.81. The smallest absolute Gasteiger partial charge is 0.240 e. The number of hydrogen-bond acceptors (Lipinski definition) is 3. The van der Waals surface area contributed by atoms with E-state index in [0.717, 1.165) is 32.0 Å². The summed E-state index contributed by atoms with van der Waals surface area (Å²) in [6, 6.07) is 19.0. The molecule has 0 spiro atoms. The van der Waals surface area contributed by atoms with E-state index in [2.05, 4.69) is 44.2 Å². The SMILES string of the molecule is CCNC(=NCCNS(=O)(=O)c1ccccc1)N1CCC(c2ccccc2)C1. The van der Waals surface area contributed by atoms with Gasteiger partial charge in [0.2, 0.25) is 10.0 Å². The summed E-state index contributed by atoms with van der Waals surface area (Å²) in [5, 5.41) is 3.32. The average molecular weight is 401 g/mol. The maximum Gasteiger partial charge on any atom is 0.240 e. The number of benzene rings is 2. The van der Waals surface area contributed by atoms with Gasteiger partial charge < -0.3 is 10.2 Å². The molecule has 1 unspecified atom stereocenters. The van der Waals surface area contributed by atoms with Crippen LogP contribution < -0.4 is 10.0 Å². The monoisotopic (exact) mass is 400 g/mol. The first-order valence-electron chi connectivity index (χ1n) is 9.73. The van der Waals surface area contributed by atoms with Crippen LogP contribution in [0, 0.1) is 0 Å². The second-order valence-electron chi connectivity index (χ2n) is 6.79. The number of hydrogen-bond donors (Lipinski definition) is 2. The van der Waals surface area contributed by atoms with Gasteiger partial charge in [-0.1, -0.05) is 48.5 Å². The van der Waals surface area contributed by atoms with E-state index in [-0.39, 0.29) is 11.4 Å². The molecule has 7 heteroatoms. The Labute approximate surface area is 167 Å². The van der Waals surface area contributed by atoms with Crippen molar-refractivity contribution in [1.29, 1.82) is 0 Å². The zero-order chi connectivity index (χ0) is 19.8. The van der Waals surface area contributed by atoms with Crippen LogP contribution in [0.3, 0.4) is 0 Å². The zero-order valence-electron chi connectivity index (χ0n) is 16.2. The second kappa shape index (κ2) is 9.71. The van der Waals surface area contributed by atoms with Crippen molar-refractivity contribution in [3.8, 4) is 0 Å². The molecule has 1 aliphatic heterocycles. The van der Waals surface area contributed by atoms with Gasteiger partial charge in [-0.3, -0.25) is 4.99 Å². The molecular formula is C21H28N4O2S. The van der Waals surface area contributed by atoms with Crippen molar-refractivity contribution in [1.82, 2.24) is 14.9 Å². The summed E-state index contributed by atoms with van der Waals surface area (Å²) in [6.45, 7) is 5.34. The lowest BCUT2D eigenvalue weighted by Gasteiger charge is -2.21. The molecule has 0 aliphatic carbocycles. The predicted octanol–water partition coefficient (Wildman–Crippen LogP) is 2.42. The van der Waals surface area contributed by atoms with Gasteiger partial charge in [-0.25, -0.2) is 13.1 Å². The number of nitrogens with one attached hydrogen (secondary N) is 2.